The molecule has 1 aliphatic rings. The number of hydrogen-bond acceptors (Lipinski definition) is 5. The lowest BCUT2D eigenvalue weighted by Crippen LogP contribution is -2.39. The molecule has 1 atom stereocenters. The van der Waals surface area contributed by atoms with E-state index in [4.69, 9.17) is 9.47 Å². The highest BCUT2D eigenvalue weighted by atomic mass is 127. The fraction of sp³-hybridized carbons (Fsp3) is 0.600. The van der Waals surface area contributed by atoms with Gasteiger partial charge in [-0.15, -0.1) is 0 Å². The van der Waals surface area contributed by atoms with Crippen molar-refractivity contribution >= 4 is 28.4 Å². The molecule has 0 bridgehead atoms. The van der Waals surface area contributed by atoms with E-state index in [1.54, 1.807) is 13.3 Å². The van der Waals surface area contributed by atoms with Crippen LogP contribution in [0.5, 0.6) is 0 Å². The maximum Gasteiger partial charge on any atom is 0.142 e. The number of aromatic nitrogens is 2. The van der Waals surface area contributed by atoms with Gasteiger partial charge in [0.2, 0.25) is 0 Å². The van der Waals surface area contributed by atoms with Crippen LogP contribution in [0.1, 0.15) is 6.42 Å². The average Bonchev–Trinajstić information content (AvgIpc) is 2.78. The summed E-state index contributed by atoms with van der Waals surface area (Å²) in [6, 6.07) is 0. The molecule has 1 unspecified atom stereocenters. The van der Waals surface area contributed by atoms with Gasteiger partial charge < -0.3 is 14.8 Å². The van der Waals surface area contributed by atoms with E-state index in [0.29, 0.717) is 13.2 Å². The Hall–Kier alpha value is -0.470. The third-order valence-electron chi connectivity index (χ3n) is 2.75. The number of ether oxygens (including phenoxy) is 2. The molecule has 1 N–H and O–H groups in total. The third-order valence-corrected chi connectivity index (χ3v) is 3.54. The molecule has 0 aromatic carbocycles. The average molecular weight is 335 g/mol. The Morgan fingerprint density at radius 1 is 1.69 bits per heavy atom. The van der Waals surface area contributed by atoms with E-state index in [9.17, 15) is 0 Å². The van der Waals surface area contributed by atoms with Crippen molar-refractivity contribution < 1.29 is 9.47 Å². The molecular formula is C10H14IN3O2. The summed E-state index contributed by atoms with van der Waals surface area (Å²) in [5.74, 6) is 0.846. The molecule has 1 saturated heterocycles. The van der Waals surface area contributed by atoms with Gasteiger partial charge in [0.15, 0.2) is 0 Å². The first kappa shape index (κ1) is 12.0. The fourth-order valence-electron chi connectivity index (χ4n) is 1.65. The predicted molar refractivity (Wildman–Crippen MR) is 68.4 cm³/mol. The number of nitrogens with zero attached hydrogens (tertiary/aromatic N) is 2. The molecule has 1 aliphatic heterocycles. The minimum absolute atomic E-state index is 0.214. The first-order chi connectivity index (χ1) is 7.76. The standard InChI is InChI=1S/C10H14IN3O2/c1-15-10(2-3-16-6-10)5-13-9-8(11)4-12-7-14-9/h4,7H,2-3,5-6H2,1H3,(H,12,13,14). The zero-order valence-corrected chi connectivity index (χ0v) is 11.2. The molecular weight excluding hydrogens is 321 g/mol. The number of nitrogens with one attached hydrogen (secondary N) is 1. The summed E-state index contributed by atoms with van der Waals surface area (Å²) < 4.78 is 11.9. The molecule has 0 aliphatic carbocycles. The molecule has 0 saturated carbocycles. The highest BCUT2D eigenvalue weighted by molar-refractivity contribution is 14.1. The molecule has 0 spiro atoms. The number of anilines is 1. The summed E-state index contributed by atoms with van der Waals surface area (Å²) in [5, 5.41) is 3.28. The van der Waals surface area contributed by atoms with Crippen molar-refractivity contribution in [3.63, 3.8) is 0 Å². The van der Waals surface area contributed by atoms with Crippen LogP contribution in [0.4, 0.5) is 5.82 Å². The van der Waals surface area contributed by atoms with E-state index in [2.05, 4.69) is 37.9 Å². The van der Waals surface area contributed by atoms with Crippen LogP contribution >= 0.6 is 22.6 Å². The highest BCUT2D eigenvalue weighted by Crippen LogP contribution is 2.23. The second-order valence-electron chi connectivity index (χ2n) is 3.76. The number of hydrogen-bond donors (Lipinski definition) is 1. The van der Waals surface area contributed by atoms with E-state index in [1.165, 1.54) is 6.33 Å². The lowest BCUT2D eigenvalue weighted by atomic mass is 10.0. The van der Waals surface area contributed by atoms with Crippen LogP contribution in [-0.4, -0.2) is 42.4 Å². The topological polar surface area (TPSA) is 56.3 Å². The molecule has 1 aromatic rings. The van der Waals surface area contributed by atoms with Crippen molar-refractivity contribution in [3.8, 4) is 0 Å². The largest absolute Gasteiger partial charge is 0.378 e. The van der Waals surface area contributed by atoms with Gasteiger partial charge in [-0.2, -0.15) is 0 Å². The molecule has 88 valence electrons. The van der Waals surface area contributed by atoms with Crippen molar-refractivity contribution in [2.24, 2.45) is 0 Å². The summed E-state index contributed by atoms with van der Waals surface area (Å²) >= 11 is 2.20. The number of halogens is 1. The van der Waals surface area contributed by atoms with E-state index in [1.807, 2.05) is 0 Å². The molecule has 1 aromatic heterocycles. The maximum absolute atomic E-state index is 5.53. The minimum Gasteiger partial charge on any atom is -0.378 e. The zero-order valence-electron chi connectivity index (χ0n) is 9.07. The summed E-state index contributed by atoms with van der Waals surface area (Å²) in [6.07, 6.45) is 4.23. The SMILES string of the molecule is COC1(CNc2ncncc2I)CCOC1. The van der Waals surface area contributed by atoms with Crippen molar-refractivity contribution in [3.05, 3.63) is 16.1 Å². The second kappa shape index (κ2) is 5.24. The van der Waals surface area contributed by atoms with Crippen LogP contribution in [0.15, 0.2) is 12.5 Å². The summed E-state index contributed by atoms with van der Waals surface area (Å²) in [5.41, 5.74) is -0.214. The van der Waals surface area contributed by atoms with Crippen LogP contribution in [0.25, 0.3) is 0 Å². The van der Waals surface area contributed by atoms with Gasteiger partial charge in [-0.3, -0.25) is 0 Å². The lowest BCUT2D eigenvalue weighted by Gasteiger charge is -2.26. The fourth-order valence-corrected chi connectivity index (χ4v) is 2.14. The van der Waals surface area contributed by atoms with Crippen molar-refractivity contribution in [2.75, 3.05) is 32.2 Å². The molecule has 16 heavy (non-hydrogen) atoms. The van der Waals surface area contributed by atoms with Gasteiger partial charge in [0.1, 0.15) is 17.7 Å². The summed E-state index contributed by atoms with van der Waals surface area (Å²) in [6.45, 7) is 2.10. The smallest absolute Gasteiger partial charge is 0.142 e. The molecule has 1 fully saturated rings. The van der Waals surface area contributed by atoms with Crippen LogP contribution in [0.3, 0.4) is 0 Å². The van der Waals surface area contributed by atoms with E-state index in [0.717, 1.165) is 22.4 Å². The Morgan fingerprint density at radius 2 is 2.56 bits per heavy atom. The molecule has 0 radical (unpaired) electrons. The second-order valence-corrected chi connectivity index (χ2v) is 4.92. The normalized spacial score (nSPS) is 24.6. The van der Waals surface area contributed by atoms with E-state index >= 15 is 0 Å². The summed E-state index contributed by atoms with van der Waals surface area (Å²) in [7, 11) is 1.72. The quantitative estimate of drug-likeness (QED) is 0.841. The van der Waals surface area contributed by atoms with Gasteiger partial charge in [-0.25, -0.2) is 9.97 Å². The minimum atomic E-state index is -0.214. The van der Waals surface area contributed by atoms with Crippen molar-refractivity contribution in [1.29, 1.82) is 0 Å². The van der Waals surface area contributed by atoms with Gasteiger partial charge in [0.25, 0.3) is 0 Å². The molecule has 6 heteroatoms. The zero-order chi connectivity index (χ0) is 11.4. The van der Waals surface area contributed by atoms with Gasteiger partial charge in [0, 0.05) is 32.9 Å². The number of methoxy groups -OCH3 is 1. The monoisotopic (exact) mass is 335 g/mol. The van der Waals surface area contributed by atoms with Crippen LogP contribution < -0.4 is 5.32 Å². The van der Waals surface area contributed by atoms with Crippen LogP contribution in [-0.2, 0) is 9.47 Å². The predicted octanol–water partition coefficient (Wildman–Crippen LogP) is 1.30. The summed E-state index contributed by atoms with van der Waals surface area (Å²) in [4.78, 5) is 8.13. The maximum atomic E-state index is 5.53. The Labute approximate surface area is 108 Å². The van der Waals surface area contributed by atoms with Gasteiger partial charge >= 0.3 is 0 Å². The van der Waals surface area contributed by atoms with Gasteiger partial charge in [0.05, 0.1) is 10.2 Å². The first-order valence-electron chi connectivity index (χ1n) is 5.08. The number of rotatable bonds is 4. The lowest BCUT2D eigenvalue weighted by molar-refractivity contribution is -0.00626. The Bertz CT molecular complexity index is 356. The molecule has 5 nitrogen and oxygen atoms in total. The molecule has 2 rings (SSSR count). The molecule has 0 amide bonds. The van der Waals surface area contributed by atoms with E-state index in [-0.39, 0.29) is 5.60 Å². The van der Waals surface area contributed by atoms with Gasteiger partial charge in [-0.05, 0) is 22.6 Å². The van der Waals surface area contributed by atoms with Crippen molar-refractivity contribution in [2.45, 2.75) is 12.0 Å². The third kappa shape index (κ3) is 2.61. The Morgan fingerprint density at radius 3 is 3.19 bits per heavy atom. The van der Waals surface area contributed by atoms with Gasteiger partial charge in [-0.1, -0.05) is 0 Å². The molecule has 2 heterocycles. The Kier molecular flexibility index (Phi) is 3.93. The van der Waals surface area contributed by atoms with Crippen LogP contribution in [0.2, 0.25) is 0 Å². The Balaban J connectivity index is 1.98. The van der Waals surface area contributed by atoms with E-state index < -0.39 is 0 Å². The van der Waals surface area contributed by atoms with Crippen LogP contribution in [0, 0.1) is 3.57 Å². The van der Waals surface area contributed by atoms with Crippen molar-refractivity contribution in [1.82, 2.24) is 9.97 Å². The first-order valence-corrected chi connectivity index (χ1v) is 6.16. The highest BCUT2D eigenvalue weighted by Gasteiger charge is 2.34.